The molecule has 12 heteroatoms. The molecule has 4 aromatic carbocycles. The quantitative estimate of drug-likeness (QED) is 0.169. The monoisotopic (exact) mass is 780 g/mol. The van der Waals surface area contributed by atoms with Gasteiger partial charge in [-0.15, -0.1) is 0 Å². The van der Waals surface area contributed by atoms with E-state index in [0.717, 1.165) is 21.0 Å². The van der Waals surface area contributed by atoms with Crippen molar-refractivity contribution in [2.75, 3.05) is 18.1 Å². The zero-order valence-electron chi connectivity index (χ0n) is 29.3. The Morgan fingerprint density at radius 3 is 2.46 bits per heavy atom. The van der Waals surface area contributed by atoms with E-state index < -0.39 is 31.5 Å². The number of hydrogen-bond acceptors (Lipinski definition) is 7. The highest BCUT2D eigenvalue weighted by Crippen LogP contribution is 2.60. The van der Waals surface area contributed by atoms with Gasteiger partial charge in [-0.2, -0.15) is 9.78 Å². The summed E-state index contributed by atoms with van der Waals surface area (Å²) in [6.07, 6.45) is 0.876. The maximum Gasteiger partial charge on any atom is 0.279 e. The van der Waals surface area contributed by atoms with Crippen molar-refractivity contribution >= 4 is 52.5 Å². The van der Waals surface area contributed by atoms with Gasteiger partial charge in [0.05, 0.1) is 48.6 Å². The van der Waals surface area contributed by atoms with Gasteiger partial charge >= 0.3 is 0 Å². The first-order valence-electron chi connectivity index (χ1n) is 17.4. The van der Waals surface area contributed by atoms with Gasteiger partial charge in [-0.3, -0.25) is 14.4 Å². The standard InChI is InChI=1S/C40H41BrN4O6Si/c1-26-37(52(2,3)50)35(22-36(47)43(18-19-46)24-27-10-5-4-6-11-27)51-40(26)33-21-30(41)16-17-34(33)44(39(40)49)25-28-12-9-14-31(20-28)45-38(48)32-15-8-7-13-29(32)23-42-45/h4-17,20-21,23,26,35,37,46,50H,18-19,22,24-25H2,1-3H3/t26-,35+,37-,40+/m0/s1. The molecule has 1 fully saturated rings. The van der Waals surface area contributed by atoms with Crippen LogP contribution in [0, 0.1) is 5.92 Å². The van der Waals surface area contributed by atoms with Gasteiger partial charge in [0.1, 0.15) is 0 Å². The van der Waals surface area contributed by atoms with Crippen molar-refractivity contribution in [1.29, 1.82) is 0 Å². The van der Waals surface area contributed by atoms with Crippen LogP contribution in [0.25, 0.3) is 16.5 Å². The molecule has 1 spiro atoms. The van der Waals surface area contributed by atoms with Gasteiger partial charge in [0.15, 0.2) is 13.9 Å². The number of aromatic nitrogens is 2. The number of rotatable bonds is 10. The zero-order valence-corrected chi connectivity index (χ0v) is 31.9. The molecular weight excluding hydrogens is 740 g/mol. The molecule has 4 atom stereocenters. The van der Waals surface area contributed by atoms with Gasteiger partial charge in [0, 0.05) is 40.0 Å². The first-order valence-corrected chi connectivity index (χ1v) is 21.2. The number of anilines is 1. The van der Waals surface area contributed by atoms with Gasteiger partial charge in [-0.1, -0.05) is 83.5 Å². The van der Waals surface area contributed by atoms with E-state index in [1.807, 2.05) is 111 Å². The van der Waals surface area contributed by atoms with Crippen molar-refractivity contribution in [3.05, 3.63) is 135 Å². The van der Waals surface area contributed by atoms with Crippen molar-refractivity contribution in [1.82, 2.24) is 14.7 Å². The first kappa shape index (κ1) is 35.9. The molecule has 10 nitrogen and oxygen atoms in total. The average molecular weight is 782 g/mol. The van der Waals surface area contributed by atoms with Crippen molar-refractivity contribution in [3.63, 3.8) is 0 Å². The number of aliphatic hydroxyl groups is 1. The lowest BCUT2D eigenvalue weighted by atomic mass is 9.82. The fraction of sp³-hybridized carbons (Fsp3) is 0.300. The summed E-state index contributed by atoms with van der Waals surface area (Å²) < 4.78 is 9.06. The summed E-state index contributed by atoms with van der Waals surface area (Å²) in [6, 6.07) is 30.0. The van der Waals surface area contributed by atoms with E-state index in [4.69, 9.17) is 4.74 Å². The number of ether oxygens (including phenoxy) is 1. The highest BCUT2D eigenvalue weighted by molar-refractivity contribution is 9.10. The molecule has 2 aliphatic heterocycles. The van der Waals surface area contributed by atoms with Crippen molar-refractivity contribution in [3.8, 4) is 5.69 Å². The third-order valence-corrected chi connectivity index (χ3v) is 13.4. The van der Waals surface area contributed by atoms with Crippen LogP contribution in [0.2, 0.25) is 18.6 Å². The fourth-order valence-electron chi connectivity index (χ4n) is 8.17. The SMILES string of the molecule is C[C@H]1[C@H]([Si](C)(C)O)[C@@H](CC(=O)N(CCO)Cc2ccccc2)O[C@]12C(=O)N(Cc1cccc(-n3ncc4ccccc4c3=O)c1)c1ccc(Br)cc12. The van der Waals surface area contributed by atoms with Crippen LogP contribution in [0.3, 0.4) is 0 Å². The second-order valence-electron chi connectivity index (χ2n) is 14.3. The molecule has 7 rings (SSSR count). The van der Waals surface area contributed by atoms with Crippen LogP contribution in [0.1, 0.15) is 30.0 Å². The molecular formula is C40H41BrN4O6Si. The number of benzene rings is 4. The van der Waals surface area contributed by atoms with Crippen molar-refractivity contribution in [2.45, 2.75) is 56.8 Å². The highest BCUT2D eigenvalue weighted by Gasteiger charge is 2.66. The molecule has 2 amide bonds. The number of halogens is 1. The predicted molar refractivity (Wildman–Crippen MR) is 205 cm³/mol. The lowest BCUT2D eigenvalue weighted by molar-refractivity contribution is -0.150. The van der Waals surface area contributed by atoms with Crippen LogP contribution in [-0.4, -0.2) is 64.0 Å². The summed E-state index contributed by atoms with van der Waals surface area (Å²) in [5.41, 5.74) is 1.51. The minimum Gasteiger partial charge on any atom is -0.432 e. The predicted octanol–water partition coefficient (Wildman–Crippen LogP) is 5.90. The van der Waals surface area contributed by atoms with E-state index in [1.54, 1.807) is 22.1 Å². The molecule has 52 heavy (non-hydrogen) atoms. The largest absolute Gasteiger partial charge is 0.432 e. The third-order valence-electron chi connectivity index (χ3n) is 10.5. The number of aliphatic hydroxyl groups excluding tert-OH is 1. The van der Waals surface area contributed by atoms with Crippen molar-refractivity contribution in [2.24, 2.45) is 5.92 Å². The average Bonchev–Trinajstić information content (AvgIpc) is 3.54. The molecule has 1 aromatic heterocycles. The summed E-state index contributed by atoms with van der Waals surface area (Å²) in [4.78, 5) is 57.3. The van der Waals surface area contributed by atoms with Crippen LogP contribution < -0.4 is 10.5 Å². The Bertz CT molecular complexity index is 2210. The minimum atomic E-state index is -3.04. The highest BCUT2D eigenvalue weighted by atomic mass is 79.9. The lowest BCUT2D eigenvalue weighted by Crippen LogP contribution is -2.46. The number of amides is 2. The molecule has 1 saturated heterocycles. The summed E-state index contributed by atoms with van der Waals surface area (Å²) >= 11 is 3.61. The smallest absolute Gasteiger partial charge is 0.279 e. The molecule has 0 aliphatic carbocycles. The Labute approximate surface area is 311 Å². The Kier molecular flexibility index (Phi) is 9.78. The molecule has 5 aromatic rings. The molecule has 0 bridgehead atoms. The molecule has 0 unspecified atom stereocenters. The number of nitrogens with zero attached hydrogens (tertiary/aromatic N) is 4. The van der Waals surface area contributed by atoms with E-state index >= 15 is 0 Å². The van der Waals surface area contributed by atoms with Gasteiger partial charge in [0.25, 0.3) is 11.5 Å². The van der Waals surface area contributed by atoms with E-state index in [-0.39, 0.29) is 43.5 Å². The van der Waals surface area contributed by atoms with Gasteiger partial charge in [-0.25, -0.2) is 0 Å². The first-order chi connectivity index (χ1) is 24.9. The van der Waals surface area contributed by atoms with Crippen LogP contribution in [-0.2, 0) is 33.0 Å². The summed E-state index contributed by atoms with van der Waals surface area (Å²) in [7, 11) is -3.04. The molecule has 3 heterocycles. The Balaban J connectivity index is 1.22. The second-order valence-corrected chi connectivity index (χ2v) is 19.1. The lowest BCUT2D eigenvalue weighted by Gasteiger charge is -2.32. The zero-order chi connectivity index (χ0) is 36.8. The molecule has 0 saturated carbocycles. The third kappa shape index (κ3) is 6.43. The number of fused-ring (bicyclic) bond motifs is 3. The van der Waals surface area contributed by atoms with Crippen LogP contribution in [0.5, 0.6) is 0 Å². The maximum atomic E-state index is 15.0. The molecule has 2 N–H and O–H groups in total. The molecule has 2 aliphatic rings. The molecule has 268 valence electrons. The van der Waals surface area contributed by atoms with Crippen LogP contribution in [0.15, 0.2) is 113 Å². The van der Waals surface area contributed by atoms with E-state index in [0.29, 0.717) is 28.9 Å². The summed E-state index contributed by atoms with van der Waals surface area (Å²) in [5.74, 6) is -0.953. The van der Waals surface area contributed by atoms with E-state index in [1.165, 1.54) is 4.68 Å². The summed E-state index contributed by atoms with van der Waals surface area (Å²) in [6.45, 7) is 6.06. The van der Waals surface area contributed by atoms with Gasteiger partial charge in [-0.05, 0) is 60.6 Å². The van der Waals surface area contributed by atoms with E-state index in [2.05, 4.69) is 21.0 Å². The van der Waals surface area contributed by atoms with Gasteiger partial charge in [0.2, 0.25) is 5.91 Å². The maximum absolute atomic E-state index is 15.0. The number of carbonyl (C=O) groups excluding carboxylic acids is 2. The fourth-order valence-corrected chi connectivity index (χ4v) is 11.1. The van der Waals surface area contributed by atoms with Gasteiger partial charge < -0.3 is 24.4 Å². The Morgan fingerprint density at radius 1 is 0.981 bits per heavy atom. The number of hydrogen-bond donors (Lipinski definition) is 2. The van der Waals surface area contributed by atoms with Crippen molar-refractivity contribution < 1.29 is 24.2 Å². The normalized spacial score (nSPS) is 21.2. The Morgan fingerprint density at radius 2 is 1.71 bits per heavy atom. The topological polar surface area (TPSA) is 125 Å². The molecule has 0 radical (unpaired) electrons. The summed E-state index contributed by atoms with van der Waals surface area (Å²) in [5, 5.41) is 15.6. The Hall–Kier alpha value is -4.46. The van der Waals surface area contributed by atoms with Crippen LogP contribution in [0.4, 0.5) is 5.69 Å². The van der Waals surface area contributed by atoms with E-state index in [9.17, 15) is 24.3 Å². The van der Waals surface area contributed by atoms with Crippen LogP contribution >= 0.6 is 15.9 Å². The number of carbonyl (C=O) groups is 2. The second kappa shape index (κ2) is 14.2. The minimum absolute atomic E-state index is 0.0489.